The maximum atomic E-state index is 12.1. The smallest absolute Gasteiger partial charge is 0.324 e. The van der Waals surface area contributed by atoms with Crippen molar-refractivity contribution in [3.63, 3.8) is 0 Å². The molecular weight excluding hydrogens is 268 g/mol. The zero-order valence-corrected chi connectivity index (χ0v) is 12.8. The number of hydrogen-bond donors (Lipinski definition) is 1. The van der Waals surface area contributed by atoms with Gasteiger partial charge in [-0.25, -0.2) is 4.79 Å². The average molecular weight is 290 g/mol. The van der Waals surface area contributed by atoms with E-state index in [0.29, 0.717) is 13.0 Å². The van der Waals surface area contributed by atoms with Crippen molar-refractivity contribution in [3.05, 3.63) is 29.3 Å². The molecule has 0 unspecified atom stereocenters. The molecule has 21 heavy (non-hydrogen) atoms. The number of benzene rings is 1. The molecule has 0 aliphatic carbocycles. The van der Waals surface area contributed by atoms with E-state index in [0.717, 1.165) is 23.3 Å². The first-order chi connectivity index (χ1) is 10.0. The van der Waals surface area contributed by atoms with Crippen LogP contribution in [0.15, 0.2) is 18.2 Å². The molecule has 0 aromatic heterocycles. The van der Waals surface area contributed by atoms with Gasteiger partial charge in [-0.3, -0.25) is 9.69 Å². The van der Waals surface area contributed by atoms with E-state index < -0.39 is 0 Å². The van der Waals surface area contributed by atoms with Gasteiger partial charge in [0.2, 0.25) is 0 Å². The molecule has 0 radical (unpaired) electrons. The van der Waals surface area contributed by atoms with Crippen molar-refractivity contribution in [2.24, 2.45) is 0 Å². The number of hydrogen-bond acceptors (Lipinski definition) is 3. The number of amides is 3. The van der Waals surface area contributed by atoms with Gasteiger partial charge in [0.15, 0.2) is 0 Å². The van der Waals surface area contributed by atoms with Gasteiger partial charge in [-0.15, -0.1) is 0 Å². The summed E-state index contributed by atoms with van der Waals surface area (Å²) in [7, 11) is 0. The van der Waals surface area contributed by atoms with Crippen LogP contribution in [0.25, 0.3) is 0 Å². The second kappa shape index (κ2) is 6.61. The molecular formula is C16H22N2O3. The number of nitrogens with zero attached hydrogens (tertiary/aromatic N) is 1. The van der Waals surface area contributed by atoms with Gasteiger partial charge in [0.1, 0.15) is 18.4 Å². The zero-order chi connectivity index (χ0) is 15.4. The molecule has 1 aromatic rings. The van der Waals surface area contributed by atoms with Crippen molar-refractivity contribution in [1.82, 2.24) is 10.2 Å². The van der Waals surface area contributed by atoms with Gasteiger partial charge < -0.3 is 10.1 Å². The van der Waals surface area contributed by atoms with E-state index in [-0.39, 0.29) is 24.5 Å². The second-order valence-electron chi connectivity index (χ2n) is 5.35. The Bertz CT molecular complexity index is 522. The van der Waals surface area contributed by atoms with Crippen LogP contribution < -0.4 is 10.1 Å². The second-order valence-corrected chi connectivity index (χ2v) is 5.35. The van der Waals surface area contributed by atoms with E-state index in [4.69, 9.17) is 4.74 Å². The monoisotopic (exact) mass is 290 g/mol. The van der Waals surface area contributed by atoms with Gasteiger partial charge in [0.25, 0.3) is 5.91 Å². The molecule has 1 heterocycles. The third-order valence-corrected chi connectivity index (χ3v) is 3.65. The number of urea groups is 1. The van der Waals surface area contributed by atoms with Crippen LogP contribution in [0.4, 0.5) is 4.79 Å². The summed E-state index contributed by atoms with van der Waals surface area (Å²) in [6.07, 6.45) is 1.54. The van der Waals surface area contributed by atoms with E-state index in [1.165, 1.54) is 4.90 Å². The lowest BCUT2D eigenvalue weighted by Gasteiger charge is -2.16. The molecule has 1 atom stereocenters. The summed E-state index contributed by atoms with van der Waals surface area (Å²) in [6.45, 7) is 6.54. The minimum Gasteiger partial charge on any atom is -0.491 e. The molecule has 1 aliphatic rings. The van der Waals surface area contributed by atoms with Crippen LogP contribution in [-0.2, 0) is 4.79 Å². The molecule has 0 saturated carbocycles. The number of carbonyl (C=O) groups is 2. The van der Waals surface area contributed by atoms with Crippen LogP contribution in [-0.4, -0.2) is 36.0 Å². The Morgan fingerprint density at radius 3 is 2.52 bits per heavy atom. The van der Waals surface area contributed by atoms with Crippen molar-refractivity contribution in [2.45, 2.75) is 39.7 Å². The molecule has 5 nitrogen and oxygen atoms in total. The molecule has 2 rings (SSSR count). The van der Waals surface area contributed by atoms with Crippen LogP contribution in [0.3, 0.4) is 0 Å². The number of ether oxygens (including phenoxy) is 1. The van der Waals surface area contributed by atoms with Crippen LogP contribution in [0.1, 0.15) is 30.9 Å². The Balaban J connectivity index is 1.92. The molecule has 1 fully saturated rings. The third kappa shape index (κ3) is 3.35. The highest BCUT2D eigenvalue weighted by molar-refractivity contribution is 6.04. The van der Waals surface area contributed by atoms with Crippen LogP contribution in [0.5, 0.6) is 5.75 Å². The molecule has 1 N–H and O–H groups in total. The number of carbonyl (C=O) groups excluding carboxylic acids is 2. The third-order valence-electron chi connectivity index (χ3n) is 3.65. The van der Waals surface area contributed by atoms with E-state index in [2.05, 4.69) is 5.32 Å². The summed E-state index contributed by atoms with van der Waals surface area (Å²) in [5, 5.41) is 2.71. The van der Waals surface area contributed by atoms with Gasteiger partial charge in [-0.05, 0) is 31.4 Å². The quantitative estimate of drug-likeness (QED) is 0.818. The summed E-state index contributed by atoms with van der Waals surface area (Å²) in [5.74, 6) is 0.682. The number of para-hydroxylation sites is 1. The fourth-order valence-corrected chi connectivity index (χ4v) is 2.54. The molecule has 114 valence electrons. The summed E-state index contributed by atoms with van der Waals surface area (Å²) in [5.41, 5.74) is 2.10. The summed E-state index contributed by atoms with van der Waals surface area (Å²) in [6, 6.07) is 5.25. The largest absolute Gasteiger partial charge is 0.491 e. The van der Waals surface area contributed by atoms with Crippen molar-refractivity contribution in [2.75, 3.05) is 13.2 Å². The lowest BCUT2D eigenvalue weighted by Crippen LogP contribution is -2.35. The highest BCUT2D eigenvalue weighted by Gasteiger charge is 2.36. The fourth-order valence-electron chi connectivity index (χ4n) is 2.54. The van der Waals surface area contributed by atoms with Crippen LogP contribution >= 0.6 is 0 Å². The maximum absolute atomic E-state index is 12.1. The van der Waals surface area contributed by atoms with Gasteiger partial charge in [0.05, 0.1) is 6.54 Å². The van der Waals surface area contributed by atoms with Crippen molar-refractivity contribution < 1.29 is 14.3 Å². The Kier molecular flexibility index (Phi) is 4.83. The van der Waals surface area contributed by atoms with Gasteiger partial charge >= 0.3 is 6.03 Å². The van der Waals surface area contributed by atoms with Crippen LogP contribution in [0, 0.1) is 13.8 Å². The number of imide groups is 1. The Morgan fingerprint density at radius 2 is 1.90 bits per heavy atom. The number of rotatable bonds is 6. The summed E-state index contributed by atoms with van der Waals surface area (Å²) in [4.78, 5) is 25.1. The minimum atomic E-state index is -0.373. The molecule has 1 aromatic carbocycles. The highest BCUT2D eigenvalue weighted by Crippen LogP contribution is 2.22. The van der Waals surface area contributed by atoms with Crippen molar-refractivity contribution in [3.8, 4) is 5.75 Å². The molecule has 3 amide bonds. The Hall–Kier alpha value is -2.04. The summed E-state index contributed by atoms with van der Waals surface area (Å²) >= 11 is 0. The fraction of sp³-hybridized carbons (Fsp3) is 0.500. The molecule has 0 bridgehead atoms. The lowest BCUT2D eigenvalue weighted by molar-refractivity contribution is -0.127. The predicted molar refractivity (Wildman–Crippen MR) is 80.4 cm³/mol. The van der Waals surface area contributed by atoms with Gasteiger partial charge in [0, 0.05) is 0 Å². The molecule has 1 saturated heterocycles. The molecule has 5 heteroatoms. The minimum absolute atomic E-state index is 0.146. The lowest BCUT2D eigenvalue weighted by atomic mass is 10.1. The summed E-state index contributed by atoms with van der Waals surface area (Å²) < 4.78 is 5.75. The topological polar surface area (TPSA) is 58.6 Å². The maximum Gasteiger partial charge on any atom is 0.324 e. The molecule has 0 spiro atoms. The van der Waals surface area contributed by atoms with Crippen LogP contribution in [0.2, 0.25) is 0 Å². The Morgan fingerprint density at radius 1 is 1.24 bits per heavy atom. The van der Waals surface area contributed by atoms with E-state index in [1.807, 2.05) is 39.0 Å². The normalized spacial score (nSPS) is 18.0. The zero-order valence-electron chi connectivity index (χ0n) is 12.8. The van der Waals surface area contributed by atoms with Crippen molar-refractivity contribution in [1.29, 1.82) is 0 Å². The van der Waals surface area contributed by atoms with Gasteiger partial charge in [-0.1, -0.05) is 31.5 Å². The number of aryl methyl sites for hydroxylation is 2. The highest BCUT2D eigenvalue weighted by atomic mass is 16.5. The predicted octanol–water partition coefficient (Wildman–Crippen LogP) is 2.40. The first-order valence-electron chi connectivity index (χ1n) is 7.35. The van der Waals surface area contributed by atoms with E-state index in [1.54, 1.807) is 0 Å². The first-order valence-corrected chi connectivity index (χ1v) is 7.35. The average Bonchev–Trinajstić information content (AvgIpc) is 2.70. The van der Waals surface area contributed by atoms with Crippen molar-refractivity contribution >= 4 is 11.9 Å². The molecule has 1 aliphatic heterocycles. The number of nitrogens with one attached hydrogen (secondary N) is 1. The standard InChI is InChI=1S/C16H22N2O3/c1-4-6-13-15(19)18(16(20)17-13)9-10-21-14-11(2)7-5-8-12(14)3/h5,7-8,13H,4,6,9-10H2,1-3H3,(H,17,20)/t13-/m0/s1. The van der Waals surface area contributed by atoms with E-state index >= 15 is 0 Å². The SMILES string of the molecule is CCC[C@@H]1NC(=O)N(CCOc2c(C)cccc2C)C1=O. The Labute approximate surface area is 125 Å². The van der Waals surface area contributed by atoms with Gasteiger partial charge in [-0.2, -0.15) is 0 Å². The first kappa shape index (κ1) is 15.4. The van der Waals surface area contributed by atoms with E-state index in [9.17, 15) is 9.59 Å².